The molecule has 0 fully saturated rings. The van der Waals surface area contributed by atoms with E-state index in [-0.39, 0.29) is 17.2 Å². The number of thiophene rings is 1. The Hall–Kier alpha value is -3.23. The highest BCUT2D eigenvalue weighted by atomic mass is 32.2. The summed E-state index contributed by atoms with van der Waals surface area (Å²) in [5.41, 5.74) is 2.52. The zero-order chi connectivity index (χ0) is 21.6. The molecule has 0 unspecified atom stereocenters. The van der Waals surface area contributed by atoms with E-state index in [1.54, 1.807) is 16.8 Å². The van der Waals surface area contributed by atoms with Gasteiger partial charge in [-0.3, -0.25) is 19.1 Å². The molecule has 4 rings (SSSR count). The van der Waals surface area contributed by atoms with Crippen LogP contribution in [0, 0.1) is 0 Å². The quantitative estimate of drug-likeness (QED) is 0.249. The molecule has 0 aliphatic carbocycles. The molecule has 3 heterocycles. The third-order valence-corrected chi connectivity index (χ3v) is 6.43. The summed E-state index contributed by atoms with van der Waals surface area (Å²) in [6.07, 6.45) is 3.35. The van der Waals surface area contributed by atoms with Crippen molar-refractivity contribution in [2.75, 3.05) is 5.75 Å². The van der Waals surface area contributed by atoms with Gasteiger partial charge >= 0.3 is 0 Å². The molecule has 0 saturated carbocycles. The number of thioether (sulfide) groups is 1. The number of nitrogens with zero attached hydrogens (tertiary/aromatic N) is 3. The Balaban J connectivity index is 1.57. The Morgan fingerprint density at radius 2 is 2.00 bits per heavy atom. The summed E-state index contributed by atoms with van der Waals surface area (Å²) in [4.78, 5) is 35.2. The molecule has 6 nitrogen and oxygen atoms in total. The maximum absolute atomic E-state index is 13.3. The van der Waals surface area contributed by atoms with Crippen LogP contribution in [0.1, 0.15) is 5.69 Å². The summed E-state index contributed by atoms with van der Waals surface area (Å²) >= 11 is 2.68. The van der Waals surface area contributed by atoms with E-state index in [4.69, 9.17) is 4.98 Å². The zero-order valence-corrected chi connectivity index (χ0v) is 18.3. The van der Waals surface area contributed by atoms with E-state index in [0.717, 1.165) is 16.8 Å². The number of amides is 1. The zero-order valence-electron chi connectivity index (χ0n) is 16.7. The number of carbonyl (C=O) groups excluding carboxylic acids is 1. The van der Waals surface area contributed by atoms with Gasteiger partial charge in [-0.1, -0.05) is 54.2 Å². The van der Waals surface area contributed by atoms with Crippen molar-refractivity contribution in [1.82, 2.24) is 19.9 Å². The van der Waals surface area contributed by atoms with E-state index in [1.165, 1.54) is 23.1 Å². The van der Waals surface area contributed by atoms with Crippen molar-refractivity contribution in [2.24, 2.45) is 0 Å². The van der Waals surface area contributed by atoms with Crippen LogP contribution in [0.3, 0.4) is 0 Å². The number of aromatic nitrogens is 3. The lowest BCUT2D eigenvalue weighted by Gasteiger charge is -2.11. The van der Waals surface area contributed by atoms with Crippen molar-refractivity contribution in [3.05, 3.63) is 88.8 Å². The van der Waals surface area contributed by atoms with Gasteiger partial charge in [0.05, 0.1) is 23.4 Å². The molecular formula is C23H20N4O2S2. The first-order valence-electron chi connectivity index (χ1n) is 9.65. The van der Waals surface area contributed by atoms with E-state index in [1.807, 2.05) is 53.9 Å². The second-order valence-electron chi connectivity index (χ2n) is 6.68. The van der Waals surface area contributed by atoms with Crippen molar-refractivity contribution in [2.45, 2.75) is 18.2 Å². The normalized spacial score (nSPS) is 10.8. The lowest BCUT2D eigenvalue weighted by atomic mass is 10.1. The van der Waals surface area contributed by atoms with Crippen LogP contribution in [0.4, 0.5) is 0 Å². The first kappa shape index (κ1) is 21.0. The van der Waals surface area contributed by atoms with Crippen molar-refractivity contribution in [1.29, 1.82) is 0 Å². The van der Waals surface area contributed by atoms with E-state index >= 15 is 0 Å². The molecule has 0 spiro atoms. The predicted octanol–water partition coefficient (Wildman–Crippen LogP) is 4.11. The molecule has 0 aliphatic heterocycles. The lowest BCUT2D eigenvalue weighted by molar-refractivity contribution is -0.118. The van der Waals surface area contributed by atoms with Gasteiger partial charge in [0.2, 0.25) is 5.91 Å². The van der Waals surface area contributed by atoms with Crippen molar-refractivity contribution in [3.8, 4) is 11.1 Å². The number of fused-ring (bicyclic) bond motifs is 1. The van der Waals surface area contributed by atoms with Gasteiger partial charge in [-0.2, -0.15) is 0 Å². The average Bonchev–Trinajstić information content (AvgIpc) is 3.24. The molecular weight excluding hydrogens is 428 g/mol. The summed E-state index contributed by atoms with van der Waals surface area (Å²) in [6.45, 7) is 4.45. The third kappa shape index (κ3) is 4.76. The molecule has 4 aromatic rings. The third-order valence-electron chi connectivity index (χ3n) is 4.58. The smallest absolute Gasteiger partial charge is 0.263 e. The van der Waals surface area contributed by atoms with Crippen LogP contribution in [0.5, 0.6) is 0 Å². The Morgan fingerprint density at radius 3 is 2.74 bits per heavy atom. The number of hydrogen-bond acceptors (Lipinski definition) is 6. The number of allylic oxidation sites excluding steroid dienone is 1. The van der Waals surface area contributed by atoms with Crippen LogP contribution in [0.25, 0.3) is 21.3 Å². The molecule has 0 bridgehead atoms. The van der Waals surface area contributed by atoms with E-state index in [2.05, 4.69) is 16.9 Å². The lowest BCUT2D eigenvalue weighted by Crippen LogP contribution is -2.26. The van der Waals surface area contributed by atoms with Crippen LogP contribution >= 0.6 is 23.1 Å². The monoisotopic (exact) mass is 448 g/mol. The highest BCUT2D eigenvalue weighted by molar-refractivity contribution is 7.99. The summed E-state index contributed by atoms with van der Waals surface area (Å²) in [5.74, 6) is 0.00469. The van der Waals surface area contributed by atoms with Gasteiger partial charge < -0.3 is 5.32 Å². The maximum atomic E-state index is 13.3. The van der Waals surface area contributed by atoms with Crippen LogP contribution in [-0.2, 0) is 17.9 Å². The topological polar surface area (TPSA) is 76.9 Å². The van der Waals surface area contributed by atoms with Gasteiger partial charge in [0, 0.05) is 23.7 Å². The molecule has 0 saturated heterocycles. The molecule has 0 radical (unpaired) electrons. The number of rotatable bonds is 8. The van der Waals surface area contributed by atoms with Crippen LogP contribution in [-0.4, -0.2) is 26.2 Å². The van der Waals surface area contributed by atoms with Gasteiger partial charge in [0.25, 0.3) is 5.56 Å². The van der Waals surface area contributed by atoms with Gasteiger partial charge in [-0.15, -0.1) is 17.9 Å². The van der Waals surface area contributed by atoms with Crippen molar-refractivity contribution in [3.63, 3.8) is 0 Å². The summed E-state index contributed by atoms with van der Waals surface area (Å²) < 4.78 is 1.57. The number of hydrogen-bond donors (Lipinski definition) is 1. The number of pyridine rings is 1. The van der Waals surface area contributed by atoms with Crippen LogP contribution < -0.4 is 10.9 Å². The highest BCUT2D eigenvalue weighted by Crippen LogP contribution is 2.32. The number of carbonyl (C=O) groups is 1. The molecule has 8 heteroatoms. The van der Waals surface area contributed by atoms with Gasteiger partial charge in [-0.05, 0) is 17.7 Å². The number of benzene rings is 1. The van der Waals surface area contributed by atoms with Crippen LogP contribution in [0.15, 0.2) is 82.7 Å². The molecule has 156 valence electrons. The van der Waals surface area contributed by atoms with E-state index in [9.17, 15) is 9.59 Å². The maximum Gasteiger partial charge on any atom is 0.263 e. The van der Waals surface area contributed by atoms with Crippen molar-refractivity contribution < 1.29 is 4.79 Å². The standard InChI is InChI=1S/C23H20N4O2S2/c1-2-12-27-22(29)20-18(16-8-4-3-5-9-16)14-30-21(20)26-23(27)31-15-19(28)25-13-17-10-6-7-11-24-17/h2-11,14H,1,12-13,15H2,(H,25,28). The minimum absolute atomic E-state index is 0.124. The first-order chi connectivity index (χ1) is 15.2. The van der Waals surface area contributed by atoms with Crippen molar-refractivity contribution >= 4 is 39.2 Å². The Bertz CT molecular complexity index is 1270. The van der Waals surface area contributed by atoms with Gasteiger partial charge in [0.15, 0.2) is 5.16 Å². The number of nitrogens with one attached hydrogen (secondary N) is 1. The first-order valence-corrected chi connectivity index (χ1v) is 11.5. The average molecular weight is 449 g/mol. The Labute approximate surface area is 187 Å². The minimum Gasteiger partial charge on any atom is -0.350 e. The highest BCUT2D eigenvalue weighted by Gasteiger charge is 2.17. The second kappa shape index (κ2) is 9.72. The van der Waals surface area contributed by atoms with Gasteiger partial charge in [0.1, 0.15) is 4.83 Å². The molecule has 3 aromatic heterocycles. The largest absolute Gasteiger partial charge is 0.350 e. The van der Waals surface area contributed by atoms with Crippen LogP contribution in [0.2, 0.25) is 0 Å². The fourth-order valence-electron chi connectivity index (χ4n) is 3.11. The fourth-order valence-corrected chi connectivity index (χ4v) is 4.94. The molecule has 1 amide bonds. The Kier molecular flexibility index (Phi) is 6.59. The van der Waals surface area contributed by atoms with Gasteiger partial charge in [-0.25, -0.2) is 4.98 Å². The minimum atomic E-state index is -0.147. The fraction of sp³-hybridized carbons (Fsp3) is 0.130. The summed E-state index contributed by atoms with van der Waals surface area (Å²) in [5, 5.41) is 5.91. The Morgan fingerprint density at radius 1 is 1.19 bits per heavy atom. The summed E-state index contributed by atoms with van der Waals surface area (Å²) in [7, 11) is 0. The predicted molar refractivity (Wildman–Crippen MR) is 126 cm³/mol. The molecule has 0 atom stereocenters. The molecule has 31 heavy (non-hydrogen) atoms. The molecule has 1 aromatic carbocycles. The molecule has 0 aliphatic rings. The molecule has 1 N–H and O–H groups in total. The second-order valence-corrected chi connectivity index (χ2v) is 8.48. The van der Waals surface area contributed by atoms with E-state index in [0.29, 0.717) is 28.5 Å². The SMILES string of the molecule is C=CCn1c(SCC(=O)NCc2ccccn2)nc2scc(-c3ccccc3)c2c1=O. The van der Waals surface area contributed by atoms with E-state index < -0.39 is 0 Å². The summed E-state index contributed by atoms with van der Waals surface area (Å²) in [6, 6.07) is 15.4.